The van der Waals surface area contributed by atoms with E-state index in [1.165, 1.54) is 25.7 Å². The third kappa shape index (κ3) is 4.68. The Labute approximate surface area is 147 Å². The predicted octanol–water partition coefficient (Wildman–Crippen LogP) is 2.86. The van der Waals surface area contributed by atoms with Gasteiger partial charge >= 0.3 is 0 Å². The van der Waals surface area contributed by atoms with Crippen LogP contribution < -0.4 is 4.74 Å². The highest BCUT2D eigenvalue weighted by atomic mass is 19.1. The Morgan fingerprint density at radius 2 is 1.68 bits per heavy atom. The molecule has 2 N–H and O–H groups in total. The number of aliphatic hydroxyl groups is 2. The number of rotatable bonds is 4. The normalized spacial score (nSPS) is 29.4. The van der Waals surface area contributed by atoms with Crippen LogP contribution in [0.25, 0.3) is 0 Å². The molecular formula is C19H27F2NO3. The van der Waals surface area contributed by atoms with Crippen molar-refractivity contribution in [3.05, 3.63) is 29.8 Å². The minimum absolute atomic E-state index is 0.0183. The number of likely N-dealkylation sites (tertiary alicyclic amines) is 1. The Morgan fingerprint density at radius 3 is 2.32 bits per heavy atom. The average Bonchev–Trinajstić information content (AvgIpc) is 2.84. The van der Waals surface area contributed by atoms with Gasteiger partial charge in [-0.3, -0.25) is 4.90 Å². The zero-order chi connectivity index (χ0) is 17.9. The van der Waals surface area contributed by atoms with Gasteiger partial charge in [-0.2, -0.15) is 0 Å². The molecule has 1 aromatic rings. The topological polar surface area (TPSA) is 52.9 Å². The van der Waals surface area contributed by atoms with E-state index in [9.17, 15) is 19.0 Å². The summed E-state index contributed by atoms with van der Waals surface area (Å²) in [5.74, 6) is -1.44. The summed E-state index contributed by atoms with van der Waals surface area (Å²) in [5, 5.41) is 21.2. The summed E-state index contributed by atoms with van der Waals surface area (Å²) < 4.78 is 32.0. The van der Waals surface area contributed by atoms with Crippen molar-refractivity contribution in [2.75, 3.05) is 19.7 Å². The molecule has 4 nitrogen and oxygen atoms in total. The Kier molecular flexibility index (Phi) is 5.92. The second kappa shape index (κ2) is 7.98. The monoisotopic (exact) mass is 355 g/mol. The van der Waals surface area contributed by atoms with Crippen LogP contribution in [0.1, 0.15) is 44.9 Å². The molecule has 2 atom stereocenters. The number of benzene rings is 1. The molecule has 0 radical (unpaired) electrons. The van der Waals surface area contributed by atoms with Gasteiger partial charge in [0.15, 0.2) is 0 Å². The molecule has 1 aliphatic heterocycles. The molecule has 140 valence electrons. The molecule has 0 aromatic heterocycles. The van der Waals surface area contributed by atoms with Crippen molar-refractivity contribution in [3.8, 4) is 5.75 Å². The fourth-order valence-corrected chi connectivity index (χ4v) is 3.99. The predicted molar refractivity (Wildman–Crippen MR) is 90.5 cm³/mol. The minimum Gasteiger partial charge on any atom is -0.490 e. The number of hydrogen-bond donors (Lipinski definition) is 2. The van der Waals surface area contributed by atoms with Crippen LogP contribution in [0, 0.1) is 11.6 Å². The lowest BCUT2D eigenvalue weighted by molar-refractivity contribution is -0.146. The van der Waals surface area contributed by atoms with E-state index in [0.29, 0.717) is 19.0 Å². The summed E-state index contributed by atoms with van der Waals surface area (Å²) in [6.07, 6.45) is 6.69. The van der Waals surface area contributed by atoms with Crippen LogP contribution in [-0.4, -0.2) is 52.6 Å². The van der Waals surface area contributed by atoms with E-state index in [0.717, 1.165) is 37.6 Å². The minimum atomic E-state index is -1.44. The third-order valence-electron chi connectivity index (χ3n) is 5.45. The van der Waals surface area contributed by atoms with Crippen molar-refractivity contribution in [3.63, 3.8) is 0 Å². The fraction of sp³-hybridized carbons (Fsp3) is 0.684. The van der Waals surface area contributed by atoms with Gasteiger partial charge < -0.3 is 14.9 Å². The number of β-amino-alcohol motifs (C(OH)–C–C–N with tert-alkyl or cyclic N) is 1. The lowest BCUT2D eigenvalue weighted by atomic mass is 9.88. The highest BCUT2D eigenvalue weighted by Crippen LogP contribution is 2.29. The number of piperidine rings is 1. The van der Waals surface area contributed by atoms with Gasteiger partial charge in [-0.15, -0.1) is 0 Å². The number of halogens is 2. The van der Waals surface area contributed by atoms with Gasteiger partial charge in [0, 0.05) is 37.3 Å². The number of hydrogen-bond acceptors (Lipinski definition) is 4. The van der Waals surface area contributed by atoms with Crippen LogP contribution in [0.3, 0.4) is 0 Å². The smallest absolute Gasteiger partial charge is 0.137 e. The van der Waals surface area contributed by atoms with E-state index in [1.807, 2.05) is 0 Å². The molecule has 25 heavy (non-hydrogen) atoms. The van der Waals surface area contributed by atoms with Gasteiger partial charge in [-0.25, -0.2) is 8.78 Å². The zero-order valence-electron chi connectivity index (χ0n) is 14.5. The largest absolute Gasteiger partial charge is 0.490 e. The van der Waals surface area contributed by atoms with Crippen molar-refractivity contribution in [1.82, 2.24) is 4.90 Å². The van der Waals surface area contributed by atoms with Gasteiger partial charge in [0.05, 0.1) is 6.10 Å². The van der Waals surface area contributed by atoms with Crippen LogP contribution in [0.2, 0.25) is 0 Å². The van der Waals surface area contributed by atoms with E-state index < -0.39 is 23.3 Å². The second-order valence-electron chi connectivity index (χ2n) is 7.42. The highest BCUT2D eigenvalue weighted by Gasteiger charge is 2.43. The first kappa shape index (κ1) is 18.5. The van der Waals surface area contributed by atoms with E-state index >= 15 is 0 Å². The molecule has 0 unspecified atom stereocenters. The maximum atomic E-state index is 13.3. The molecule has 1 saturated heterocycles. The van der Waals surface area contributed by atoms with Gasteiger partial charge in [-0.05, 0) is 19.3 Å². The van der Waals surface area contributed by atoms with Gasteiger partial charge in [0.1, 0.15) is 29.6 Å². The molecule has 1 heterocycles. The summed E-state index contributed by atoms with van der Waals surface area (Å²) in [6, 6.07) is 3.34. The molecule has 1 aromatic carbocycles. The molecule has 0 spiro atoms. The Morgan fingerprint density at radius 1 is 1.04 bits per heavy atom. The van der Waals surface area contributed by atoms with Crippen LogP contribution in [0.5, 0.6) is 5.75 Å². The fourth-order valence-electron chi connectivity index (χ4n) is 3.99. The Balaban J connectivity index is 1.64. The van der Waals surface area contributed by atoms with Crippen LogP contribution in [-0.2, 0) is 0 Å². The summed E-state index contributed by atoms with van der Waals surface area (Å²) >= 11 is 0. The lowest BCUT2D eigenvalue weighted by Gasteiger charge is -2.45. The first-order valence-corrected chi connectivity index (χ1v) is 9.20. The van der Waals surface area contributed by atoms with Crippen molar-refractivity contribution >= 4 is 0 Å². The Hall–Kier alpha value is -1.24. The zero-order valence-corrected chi connectivity index (χ0v) is 14.5. The van der Waals surface area contributed by atoms with Crippen molar-refractivity contribution in [1.29, 1.82) is 0 Å². The highest BCUT2D eigenvalue weighted by molar-refractivity contribution is 5.24. The summed E-state index contributed by atoms with van der Waals surface area (Å²) in [7, 11) is 0. The van der Waals surface area contributed by atoms with Crippen LogP contribution in [0.4, 0.5) is 8.78 Å². The van der Waals surface area contributed by atoms with Crippen molar-refractivity contribution < 1.29 is 23.7 Å². The quantitative estimate of drug-likeness (QED) is 0.816. The average molecular weight is 355 g/mol. The second-order valence-corrected chi connectivity index (χ2v) is 7.42. The standard InChI is InChI=1S/C19H27F2NO3/c20-14-9-15(21)11-17(10-14)25-13-19(24)12-22(8-7-18(19)23)16-5-3-1-2-4-6-16/h9-11,16,18,23-24H,1-8,12-13H2/t18-,19-/m0/s1. The van der Waals surface area contributed by atoms with Crippen molar-refractivity contribution in [2.24, 2.45) is 0 Å². The molecule has 1 aliphatic carbocycles. The third-order valence-corrected chi connectivity index (χ3v) is 5.45. The van der Waals surface area contributed by atoms with E-state index in [4.69, 9.17) is 4.74 Å². The maximum absolute atomic E-state index is 13.3. The van der Waals surface area contributed by atoms with Crippen molar-refractivity contribution in [2.45, 2.75) is 62.7 Å². The van der Waals surface area contributed by atoms with E-state index in [1.54, 1.807) is 0 Å². The first-order valence-electron chi connectivity index (χ1n) is 9.20. The Bertz CT molecular complexity index is 558. The molecule has 1 saturated carbocycles. The summed E-state index contributed by atoms with van der Waals surface area (Å²) in [6.45, 7) is 0.875. The molecule has 0 bridgehead atoms. The van der Waals surface area contributed by atoms with Gasteiger partial charge in [0.2, 0.25) is 0 Å². The molecule has 0 amide bonds. The maximum Gasteiger partial charge on any atom is 0.137 e. The lowest BCUT2D eigenvalue weighted by Crippen LogP contribution is -2.61. The van der Waals surface area contributed by atoms with Crippen LogP contribution in [0.15, 0.2) is 18.2 Å². The van der Waals surface area contributed by atoms with Crippen LogP contribution >= 0.6 is 0 Å². The number of ether oxygens (including phenoxy) is 1. The van der Waals surface area contributed by atoms with E-state index in [-0.39, 0.29) is 12.4 Å². The molecule has 6 heteroatoms. The van der Waals surface area contributed by atoms with E-state index in [2.05, 4.69) is 4.90 Å². The number of aliphatic hydroxyl groups excluding tert-OH is 1. The first-order chi connectivity index (χ1) is 12.0. The number of nitrogens with zero attached hydrogens (tertiary/aromatic N) is 1. The SMILES string of the molecule is O[C@H]1CCN(C2CCCCCC2)C[C@]1(O)COc1cc(F)cc(F)c1. The van der Waals surface area contributed by atoms with Gasteiger partial charge in [-0.1, -0.05) is 25.7 Å². The molecule has 3 rings (SSSR count). The molecule has 2 fully saturated rings. The molecule has 2 aliphatic rings. The summed E-state index contributed by atoms with van der Waals surface area (Å²) in [5.41, 5.74) is -1.44. The summed E-state index contributed by atoms with van der Waals surface area (Å²) in [4.78, 5) is 2.24. The van der Waals surface area contributed by atoms with Gasteiger partial charge in [0.25, 0.3) is 0 Å². The molecular weight excluding hydrogens is 328 g/mol.